The Bertz CT molecular complexity index is 140. The zero-order valence-electron chi connectivity index (χ0n) is 10.5. The molecule has 0 heterocycles. The molecule has 0 saturated heterocycles. The molecule has 0 rings (SSSR count). The number of allylic oxidation sites excluding steroid dienone is 1. The molecule has 1 heteroatoms. The van der Waals surface area contributed by atoms with Crippen LogP contribution in [0.3, 0.4) is 0 Å². The van der Waals surface area contributed by atoms with Crippen LogP contribution >= 0.6 is 0 Å². The summed E-state index contributed by atoms with van der Waals surface area (Å²) in [5.41, 5.74) is 0. The molecule has 90 valence electrons. The Labute approximate surface area is 95.6 Å². The van der Waals surface area contributed by atoms with Crippen molar-refractivity contribution < 1.29 is 5.11 Å². The van der Waals surface area contributed by atoms with Crippen molar-refractivity contribution in [1.82, 2.24) is 0 Å². The van der Waals surface area contributed by atoms with E-state index >= 15 is 0 Å². The minimum atomic E-state index is -0.119. The minimum absolute atomic E-state index is 0.119. The van der Waals surface area contributed by atoms with Crippen molar-refractivity contribution in [3.05, 3.63) is 12.2 Å². The third kappa shape index (κ3) is 11.6. The Kier molecular flexibility index (Phi) is 11.5. The number of hydrogen-bond acceptors (Lipinski definition) is 1. The summed E-state index contributed by atoms with van der Waals surface area (Å²) in [4.78, 5) is 0. The highest BCUT2D eigenvalue weighted by Crippen LogP contribution is 2.07. The first-order valence-electron chi connectivity index (χ1n) is 6.64. The molecular formula is C14H28O. The van der Waals surface area contributed by atoms with E-state index in [1.807, 2.05) is 0 Å². The van der Waals surface area contributed by atoms with Gasteiger partial charge in [0.2, 0.25) is 0 Å². The quantitative estimate of drug-likeness (QED) is 0.419. The Morgan fingerprint density at radius 3 is 2.33 bits per heavy atom. The molecular weight excluding hydrogens is 184 g/mol. The number of rotatable bonds is 10. The molecule has 1 atom stereocenters. The number of aliphatic hydroxyl groups is 1. The van der Waals surface area contributed by atoms with E-state index < -0.39 is 0 Å². The van der Waals surface area contributed by atoms with Crippen molar-refractivity contribution in [2.24, 2.45) is 0 Å². The molecule has 0 aliphatic carbocycles. The molecule has 15 heavy (non-hydrogen) atoms. The van der Waals surface area contributed by atoms with Gasteiger partial charge in [-0.2, -0.15) is 0 Å². The van der Waals surface area contributed by atoms with E-state index in [9.17, 15) is 5.11 Å². The summed E-state index contributed by atoms with van der Waals surface area (Å²) in [6.07, 6.45) is 15.0. The summed E-state index contributed by atoms with van der Waals surface area (Å²) in [7, 11) is 0. The lowest BCUT2D eigenvalue weighted by atomic mass is 10.1. The molecule has 1 N–H and O–H groups in total. The fourth-order valence-corrected chi connectivity index (χ4v) is 1.69. The Hall–Kier alpha value is -0.300. The summed E-state index contributed by atoms with van der Waals surface area (Å²) in [6.45, 7) is 4.36. The fourth-order valence-electron chi connectivity index (χ4n) is 1.69. The molecule has 0 aromatic rings. The van der Waals surface area contributed by atoms with E-state index in [0.717, 1.165) is 19.3 Å². The average molecular weight is 212 g/mol. The molecule has 0 aromatic carbocycles. The van der Waals surface area contributed by atoms with E-state index in [2.05, 4.69) is 26.0 Å². The van der Waals surface area contributed by atoms with Crippen LogP contribution in [0.1, 0.15) is 71.6 Å². The lowest BCUT2D eigenvalue weighted by Gasteiger charge is -2.04. The number of aliphatic hydroxyl groups excluding tert-OH is 1. The van der Waals surface area contributed by atoms with Gasteiger partial charge in [-0.05, 0) is 25.7 Å². The Morgan fingerprint density at radius 2 is 1.67 bits per heavy atom. The average Bonchev–Trinajstić information content (AvgIpc) is 2.22. The van der Waals surface area contributed by atoms with Crippen LogP contribution in [0, 0.1) is 0 Å². The van der Waals surface area contributed by atoms with E-state index in [-0.39, 0.29) is 6.10 Å². The maximum absolute atomic E-state index is 9.47. The van der Waals surface area contributed by atoms with E-state index in [1.54, 1.807) is 0 Å². The second-order valence-corrected chi connectivity index (χ2v) is 4.35. The van der Waals surface area contributed by atoms with Crippen molar-refractivity contribution in [1.29, 1.82) is 0 Å². The second-order valence-electron chi connectivity index (χ2n) is 4.35. The highest BCUT2D eigenvalue weighted by molar-refractivity contribution is 4.83. The third-order valence-corrected chi connectivity index (χ3v) is 2.67. The van der Waals surface area contributed by atoms with Gasteiger partial charge in [-0.1, -0.05) is 58.1 Å². The van der Waals surface area contributed by atoms with Crippen LogP contribution in [0.2, 0.25) is 0 Å². The summed E-state index contributed by atoms with van der Waals surface area (Å²) in [5.74, 6) is 0. The second kappa shape index (κ2) is 11.8. The van der Waals surface area contributed by atoms with Crippen molar-refractivity contribution in [3.8, 4) is 0 Å². The van der Waals surface area contributed by atoms with Crippen LogP contribution in [0.5, 0.6) is 0 Å². The molecule has 0 saturated carbocycles. The molecule has 0 fully saturated rings. The van der Waals surface area contributed by atoms with Crippen molar-refractivity contribution >= 4 is 0 Å². The zero-order chi connectivity index (χ0) is 11.4. The van der Waals surface area contributed by atoms with E-state index in [4.69, 9.17) is 0 Å². The first-order valence-corrected chi connectivity index (χ1v) is 6.64. The maximum atomic E-state index is 9.47. The monoisotopic (exact) mass is 212 g/mol. The molecule has 1 unspecified atom stereocenters. The molecule has 0 bridgehead atoms. The Balaban J connectivity index is 3.16. The van der Waals surface area contributed by atoms with Crippen molar-refractivity contribution in [3.63, 3.8) is 0 Å². The van der Waals surface area contributed by atoms with Gasteiger partial charge in [-0.15, -0.1) is 0 Å². The topological polar surface area (TPSA) is 20.2 Å². The standard InChI is InChI=1S/C14H28O/c1-3-5-6-7-8-9-10-11-13-14(15)12-4-2/h10-11,14-15H,3-9,12-13H2,1-2H3/b11-10+. The highest BCUT2D eigenvalue weighted by atomic mass is 16.3. The predicted octanol–water partition coefficient (Wildman–Crippen LogP) is 4.45. The normalized spacial score (nSPS) is 13.5. The van der Waals surface area contributed by atoms with Crippen molar-refractivity contribution in [2.75, 3.05) is 0 Å². The van der Waals surface area contributed by atoms with Gasteiger partial charge in [0.25, 0.3) is 0 Å². The van der Waals surface area contributed by atoms with Gasteiger partial charge < -0.3 is 5.11 Å². The number of unbranched alkanes of at least 4 members (excludes halogenated alkanes) is 5. The van der Waals surface area contributed by atoms with Gasteiger partial charge in [0.15, 0.2) is 0 Å². The first-order chi connectivity index (χ1) is 7.31. The van der Waals surface area contributed by atoms with Crippen LogP contribution in [0.15, 0.2) is 12.2 Å². The van der Waals surface area contributed by atoms with Crippen molar-refractivity contribution in [2.45, 2.75) is 77.7 Å². The zero-order valence-corrected chi connectivity index (χ0v) is 10.5. The van der Waals surface area contributed by atoms with Crippen LogP contribution in [0.25, 0.3) is 0 Å². The lowest BCUT2D eigenvalue weighted by molar-refractivity contribution is 0.166. The fraction of sp³-hybridized carbons (Fsp3) is 0.857. The predicted molar refractivity (Wildman–Crippen MR) is 68.0 cm³/mol. The Morgan fingerprint density at radius 1 is 0.933 bits per heavy atom. The van der Waals surface area contributed by atoms with Gasteiger partial charge in [0, 0.05) is 0 Å². The summed E-state index contributed by atoms with van der Waals surface area (Å²) >= 11 is 0. The molecule has 1 nitrogen and oxygen atoms in total. The summed E-state index contributed by atoms with van der Waals surface area (Å²) < 4.78 is 0. The summed E-state index contributed by atoms with van der Waals surface area (Å²) in [6, 6.07) is 0. The van der Waals surface area contributed by atoms with Gasteiger partial charge in [-0.3, -0.25) is 0 Å². The van der Waals surface area contributed by atoms with Gasteiger partial charge in [-0.25, -0.2) is 0 Å². The smallest absolute Gasteiger partial charge is 0.0574 e. The SMILES string of the molecule is CCCCCCC/C=C/CC(O)CCC. The number of hydrogen-bond donors (Lipinski definition) is 1. The molecule has 0 amide bonds. The minimum Gasteiger partial charge on any atom is -0.393 e. The maximum Gasteiger partial charge on any atom is 0.0574 e. The lowest BCUT2D eigenvalue weighted by Crippen LogP contribution is -2.02. The molecule has 0 spiro atoms. The van der Waals surface area contributed by atoms with E-state index in [0.29, 0.717) is 0 Å². The van der Waals surface area contributed by atoms with Gasteiger partial charge >= 0.3 is 0 Å². The van der Waals surface area contributed by atoms with Crippen LogP contribution in [-0.4, -0.2) is 11.2 Å². The van der Waals surface area contributed by atoms with Gasteiger partial charge in [0.05, 0.1) is 6.10 Å². The van der Waals surface area contributed by atoms with E-state index in [1.165, 1.54) is 38.5 Å². The largest absolute Gasteiger partial charge is 0.393 e. The molecule has 0 aromatic heterocycles. The molecule has 0 aliphatic heterocycles. The highest BCUT2D eigenvalue weighted by Gasteiger charge is 1.97. The van der Waals surface area contributed by atoms with Crippen LogP contribution in [-0.2, 0) is 0 Å². The first kappa shape index (κ1) is 14.7. The molecule has 0 radical (unpaired) electrons. The summed E-state index contributed by atoms with van der Waals surface area (Å²) in [5, 5.41) is 9.47. The third-order valence-electron chi connectivity index (χ3n) is 2.67. The molecule has 0 aliphatic rings. The van der Waals surface area contributed by atoms with Gasteiger partial charge in [0.1, 0.15) is 0 Å². The van der Waals surface area contributed by atoms with Crippen LogP contribution in [0.4, 0.5) is 0 Å². The van der Waals surface area contributed by atoms with Crippen LogP contribution < -0.4 is 0 Å².